The first-order chi connectivity index (χ1) is 18.2. The maximum atomic E-state index is 14.2. The number of benzene rings is 2. The lowest BCUT2D eigenvalue weighted by Gasteiger charge is -2.29. The summed E-state index contributed by atoms with van der Waals surface area (Å²) in [4.78, 5) is 31.0. The Morgan fingerprint density at radius 1 is 1.03 bits per heavy atom. The molecule has 38 heavy (non-hydrogen) atoms. The van der Waals surface area contributed by atoms with Crippen LogP contribution in [0.15, 0.2) is 53.9 Å². The zero-order valence-electron chi connectivity index (χ0n) is 22.6. The zero-order valence-corrected chi connectivity index (χ0v) is 23.4. The summed E-state index contributed by atoms with van der Waals surface area (Å²) in [5.41, 5.74) is 2.20. The van der Waals surface area contributed by atoms with Gasteiger partial charge in [-0.05, 0) is 66.1 Å². The molecule has 2 aromatic carbocycles. The van der Waals surface area contributed by atoms with Crippen molar-refractivity contribution in [1.82, 2.24) is 9.80 Å². The van der Waals surface area contributed by atoms with Crippen molar-refractivity contribution in [2.24, 2.45) is 5.92 Å². The van der Waals surface area contributed by atoms with Crippen LogP contribution < -0.4 is 14.8 Å². The lowest BCUT2D eigenvalue weighted by Crippen LogP contribution is -2.46. The van der Waals surface area contributed by atoms with Crippen LogP contribution in [0.1, 0.15) is 29.9 Å². The summed E-state index contributed by atoms with van der Waals surface area (Å²) < 4.78 is 24.9. The van der Waals surface area contributed by atoms with Gasteiger partial charge in [-0.1, -0.05) is 32.0 Å². The lowest BCUT2D eigenvalue weighted by molar-refractivity contribution is -0.132. The van der Waals surface area contributed by atoms with Crippen LogP contribution >= 0.6 is 11.3 Å². The normalized spacial score (nSPS) is 10.8. The Bertz CT molecular complexity index is 1230. The number of hydrogen-bond donors (Lipinski definition) is 1. The Kier molecular flexibility index (Phi) is 10.5. The fraction of sp³-hybridized carbons (Fsp3) is 0.379. The molecule has 204 valence electrons. The monoisotopic (exact) mass is 541 g/mol. The number of amides is 3. The number of halogens is 1. The van der Waals surface area contributed by atoms with Gasteiger partial charge in [-0.3, -0.25) is 4.79 Å². The van der Waals surface area contributed by atoms with Gasteiger partial charge in [-0.25, -0.2) is 9.18 Å². The van der Waals surface area contributed by atoms with E-state index >= 15 is 0 Å². The number of urea groups is 1. The Morgan fingerprint density at radius 2 is 1.76 bits per heavy atom. The molecular formula is C29H36FN3O4S. The van der Waals surface area contributed by atoms with Crippen LogP contribution in [0.2, 0.25) is 0 Å². The summed E-state index contributed by atoms with van der Waals surface area (Å²) >= 11 is 1.60. The second-order valence-corrected chi connectivity index (χ2v) is 10.5. The number of carbonyl (C=O) groups is 2. The third-order valence-electron chi connectivity index (χ3n) is 6.09. The van der Waals surface area contributed by atoms with Gasteiger partial charge in [0.1, 0.15) is 12.4 Å². The van der Waals surface area contributed by atoms with Gasteiger partial charge in [-0.2, -0.15) is 0 Å². The van der Waals surface area contributed by atoms with Crippen molar-refractivity contribution in [3.63, 3.8) is 0 Å². The Hall–Kier alpha value is -3.59. The van der Waals surface area contributed by atoms with E-state index < -0.39 is 11.8 Å². The third-order valence-corrected chi connectivity index (χ3v) is 7.10. The van der Waals surface area contributed by atoms with Crippen molar-refractivity contribution in [2.75, 3.05) is 39.2 Å². The van der Waals surface area contributed by atoms with E-state index in [1.54, 1.807) is 42.6 Å². The lowest BCUT2D eigenvalue weighted by atomic mass is 10.1. The average Bonchev–Trinajstić information content (AvgIpc) is 3.30. The Morgan fingerprint density at radius 3 is 2.39 bits per heavy atom. The number of carbonyl (C=O) groups excluding carboxylic acids is 2. The van der Waals surface area contributed by atoms with Crippen molar-refractivity contribution in [3.05, 3.63) is 75.7 Å². The summed E-state index contributed by atoms with van der Waals surface area (Å²) in [6.07, 6.45) is 0.599. The van der Waals surface area contributed by atoms with Crippen LogP contribution in [0.4, 0.5) is 14.9 Å². The molecule has 9 heteroatoms. The number of nitrogens with one attached hydrogen (secondary N) is 1. The molecule has 7 nitrogen and oxygen atoms in total. The predicted molar refractivity (Wildman–Crippen MR) is 150 cm³/mol. The Balaban J connectivity index is 1.78. The maximum absolute atomic E-state index is 14.2. The molecule has 1 aromatic heterocycles. The standard InChI is InChI=1S/C29H36FN3O4S/c1-20(2)17-33(29(35)31-24-9-7-6-8-23(24)30)19-28(34)32(18-27-21(3)13-15-38-27)14-12-22-10-11-25(36-4)26(16-22)37-5/h6-11,13,15-16,20H,12,14,17-19H2,1-5H3,(H,31,35). The van der Waals surface area contributed by atoms with Crippen LogP contribution in [-0.4, -0.2) is 55.6 Å². The first-order valence-corrected chi connectivity index (χ1v) is 13.4. The van der Waals surface area contributed by atoms with Gasteiger partial charge < -0.3 is 24.6 Å². The van der Waals surface area contributed by atoms with Gasteiger partial charge in [0.05, 0.1) is 26.5 Å². The second-order valence-electron chi connectivity index (χ2n) is 9.47. The van der Waals surface area contributed by atoms with Crippen molar-refractivity contribution >= 4 is 29.0 Å². The highest BCUT2D eigenvalue weighted by Crippen LogP contribution is 2.28. The van der Waals surface area contributed by atoms with Crippen LogP contribution in [0.5, 0.6) is 11.5 Å². The molecule has 3 aromatic rings. The minimum atomic E-state index is -0.526. The maximum Gasteiger partial charge on any atom is 0.322 e. The number of nitrogens with zero attached hydrogens (tertiary/aromatic N) is 2. The highest BCUT2D eigenvalue weighted by molar-refractivity contribution is 7.10. The molecule has 0 saturated heterocycles. The first kappa shape index (κ1) is 29.0. The average molecular weight is 542 g/mol. The summed E-state index contributed by atoms with van der Waals surface area (Å²) in [7, 11) is 3.18. The second kappa shape index (κ2) is 13.8. The number of thiophene rings is 1. The number of methoxy groups -OCH3 is 2. The molecule has 3 amide bonds. The molecule has 0 unspecified atom stereocenters. The highest BCUT2D eigenvalue weighted by Gasteiger charge is 2.24. The van der Waals surface area contributed by atoms with E-state index in [2.05, 4.69) is 5.32 Å². The molecule has 1 N–H and O–H groups in total. The zero-order chi connectivity index (χ0) is 27.7. The molecule has 0 bridgehead atoms. The molecule has 0 fully saturated rings. The van der Waals surface area contributed by atoms with Gasteiger partial charge in [0.2, 0.25) is 5.91 Å². The van der Waals surface area contributed by atoms with Crippen LogP contribution in [0, 0.1) is 18.7 Å². The van der Waals surface area contributed by atoms with Gasteiger partial charge in [-0.15, -0.1) is 11.3 Å². The molecule has 0 radical (unpaired) electrons. The van der Waals surface area contributed by atoms with Crippen molar-refractivity contribution < 1.29 is 23.5 Å². The fourth-order valence-corrected chi connectivity index (χ4v) is 4.93. The van der Waals surface area contributed by atoms with E-state index in [9.17, 15) is 14.0 Å². The number of hydrogen-bond acceptors (Lipinski definition) is 5. The quantitative estimate of drug-likeness (QED) is 0.307. The minimum Gasteiger partial charge on any atom is -0.493 e. The van der Waals surface area contributed by atoms with Crippen molar-refractivity contribution in [1.29, 1.82) is 0 Å². The molecule has 0 saturated carbocycles. The van der Waals surface area contributed by atoms with Crippen LogP contribution in [0.25, 0.3) is 0 Å². The summed E-state index contributed by atoms with van der Waals surface area (Å²) in [5, 5.41) is 4.62. The first-order valence-electron chi connectivity index (χ1n) is 12.5. The van der Waals surface area contributed by atoms with Crippen LogP contribution in [0.3, 0.4) is 0 Å². The SMILES string of the molecule is COc1ccc(CCN(Cc2sccc2C)C(=O)CN(CC(C)C)C(=O)Nc2ccccc2F)cc1OC. The number of para-hydroxylation sites is 1. The number of aryl methyl sites for hydroxylation is 1. The van der Waals surface area contributed by atoms with E-state index in [0.717, 1.165) is 16.0 Å². The van der Waals surface area contributed by atoms with Crippen LogP contribution in [-0.2, 0) is 17.8 Å². The number of anilines is 1. The molecule has 0 aliphatic carbocycles. The fourth-order valence-electron chi connectivity index (χ4n) is 4.01. The molecule has 0 spiro atoms. The molecule has 0 atom stereocenters. The van der Waals surface area contributed by atoms with E-state index in [4.69, 9.17) is 9.47 Å². The summed E-state index contributed by atoms with van der Waals surface area (Å²) in [6, 6.07) is 13.2. The molecule has 3 rings (SSSR count). The number of rotatable bonds is 12. The smallest absolute Gasteiger partial charge is 0.322 e. The van der Waals surface area contributed by atoms with Gasteiger partial charge in [0.25, 0.3) is 0 Å². The van der Waals surface area contributed by atoms with E-state index in [0.29, 0.717) is 37.6 Å². The highest BCUT2D eigenvalue weighted by atomic mass is 32.1. The predicted octanol–water partition coefficient (Wildman–Crippen LogP) is 5.97. The molecule has 0 aliphatic heterocycles. The molecular weight excluding hydrogens is 505 g/mol. The summed E-state index contributed by atoms with van der Waals surface area (Å²) in [6.45, 7) is 7.10. The molecule has 1 heterocycles. The van der Waals surface area contributed by atoms with Crippen molar-refractivity contribution in [2.45, 2.75) is 33.7 Å². The number of ether oxygens (including phenoxy) is 2. The van der Waals surface area contributed by atoms with Gasteiger partial charge >= 0.3 is 6.03 Å². The van der Waals surface area contributed by atoms with E-state index in [-0.39, 0.29) is 24.1 Å². The van der Waals surface area contributed by atoms with Crippen molar-refractivity contribution in [3.8, 4) is 11.5 Å². The van der Waals surface area contributed by atoms with Gasteiger partial charge in [0.15, 0.2) is 11.5 Å². The van der Waals surface area contributed by atoms with Gasteiger partial charge in [0, 0.05) is 18.0 Å². The molecule has 0 aliphatic rings. The largest absolute Gasteiger partial charge is 0.493 e. The summed E-state index contributed by atoms with van der Waals surface area (Å²) in [5.74, 6) is 0.686. The minimum absolute atomic E-state index is 0.0817. The topological polar surface area (TPSA) is 71.1 Å². The van der Waals surface area contributed by atoms with E-state index in [1.165, 1.54) is 17.0 Å². The van der Waals surface area contributed by atoms with E-state index in [1.807, 2.05) is 50.4 Å². The third kappa shape index (κ3) is 7.95. The Labute approximate surface area is 228 Å².